The molecule has 2 atom stereocenters. The monoisotopic (exact) mass is 314 g/mol. The third-order valence-electron chi connectivity index (χ3n) is 3.39. The number of nitrogens with zero attached hydrogens (tertiary/aromatic N) is 1. The first kappa shape index (κ1) is 21.5. The van der Waals surface area contributed by atoms with E-state index in [1.807, 2.05) is 6.92 Å². The Morgan fingerprint density at radius 3 is 2.11 bits per heavy atom. The van der Waals surface area contributed by atoms with Crippen LogP contribution in [0.15, 0.2) is 0 Å². The Morgan fingerprint density at radius 1 is 1.16 bits per heavy atom. The maximum Gasteiger partial charge on any atom is 0.214 e. The van der Waals surface area contributed by atoms with Crippen LogP contribution >= 0.6 is 12.4 Å². The topological polar surface area (TPSA) is 63.4 Å². The summed E-state index contributed by atoms with van der Waals surface area (Å²) in [6.07, 6.45) is 2.70. The van der Waals surface area contributed by atoms with Gasteiger partial charge in [-0.3, -0.25) is 0 Å². The zero-order valence-corrected chi connectivity index (χ0v) is 14.6. The van der Waals surface area contributed by atoms with Crippen molar-refractivity contribution in [2.45, 2.75) is 53.0 Å². The molecule has 2 N–H and O–H groups in total. The lowest BCUT2D eigenvalue weighted by atomic mass is 10.0. The molecule has 0 aliphatic heterocycles. The molecule has 0 aliphatic carbocycles. The number of hydrogen-bond acceptors (Lipinski definition) is 3. The lowest BCUT2D eigenvalue weighted by Gasteiger charge is -2.22. The molecular formula is C13H31ClN2O2S. The van der Waals surface area contributed by atoms with Crippen LogP contribution in [-0.4, -0.2) is 38.1 Å². The summed E-state index contributed by atoms with van der Waals surface area (Å²) >= 11 is 0. The van der Waals surface area contributed by atoms with Crippen LogP contribution in [0.4, 0.5) is 0 Å². The van der Waals surface area contributed by atoms with Gasteiger partial charge in [-0.25, -0.2) is 12.7 Å². The van der Waals surface area contributed by atoms with E-state index in [0.29, 0.717) is 12.5 Å². The summed E-state index contributed by atoms with van der Waals surface area (Å²) in [7, 11) is -1.47. The SMILES string of the molecule is CCCC(C)CS(=O)(=O)N(C)CCC(N)C(C)C.Cl. The standard InChI is InChI=1S/C13H30N2O2S.ClH/c1-6-7-12(4)10-18(16,17)15(5)9-8-13(14)11(2)3;/h11-13H,6-10,14H2,1-5H3;1H. The molecule has 6 heteroatoms. The fraction of sp³-hybridized carbons (Fsp3) is 1.00. The minimum atomic E-state index is -3.13. The summed E-state index contributed by atoms with van der Waals surface area (Å²) in [6.45, 7) is 8.70. The second-order valence-electron chi connectivity index (χ2n) is 5.69. The maximum atomic E-state index is 12.1. The van der Waals surface area contributed by atoms with Gasteiger partial charge in [0, 0.05) is 19.6 Å². The van der Waals surface area contributed by atoms with Crippen molar-refractivity contribution in [1.29, 1.82) is 0 Å². The van der Waals surface area contributed by atoms with E-state index in [-0.39, 0.29) is 30.1 Å². The number of sulfonamides is 1. The summed E-state index contributed by atoms with van der Waals surface area (Å²) in [5.41, 5.74) is 5.94. The van der Waals surface area contributed by atoms with Crippen LogP contribution in [0, 0.1) is 11.8 Å². The molecule has 0 saturated heterocycles. The van der Waals surface area contributed by atoms with Crippen molar-refractivity contribution in [3.8, 4) is 0 Å². The van der Waals surface area contributed by atoms with E-state index in [2.05, 4.69) is 20.8 Å². The first-order chi connectivity index (χ1) is 8.20. The van der Waals surface area contributed by atoms with Crippen molar-refractivity contribution >= 4 is 22.4 Å². The molecule has 4 nitrogen and oxygen atoms in total. The Kier molecular flexibility index (Phi) is 11.3. The van der Waals surface area contributed by atoms with E-state index < -0.39 is 10.0 Å². The van der Waals surface area contributed by atoms with Crippen molar-refractivity contribution in [2.24, 2.45) is 17.6 Å². The molecule has 0 spiro atoms. The van der Waals surface area contributed by atoms with Crippen LogP contribution in [-0.2, 0) is 10.0 Å². The van der Waals surface area contributed by atoms with Crippen molar-refractivity contribution in [3.05, 3.63) is 0 Å². The molecule has 0 amide bonds. The van der Waals surface area contributed by atoms with Crippen LogP contribution in [0.25, 0.3) is 0 Å². The van der Waals surface area contributed by atoms with Gasteiger partial charge in [-0.2, -0.15) is 0 Å². The van der Waals surface area contributed by atoms with Crippen LogP contribution in [0.2, 0.25) is 0 Å². The lowest BCUT2D eigenvalue weighted by molar-refractivity contribution is 0.394. The molecule has 0 aromatic carbocycles. The molecule has 0 bridgehead atoms. The van der Waals surface area contributed by atoms with E-state index >= 15 is 0 Å². The van der Waals surface area contributed by atoms with Crippen LogP contribution in [0.1, 0.15) is 47.0 Å². The van der Waals surface area contributed by atoms with E-state index in [0.717, 1.165) is 19.3 Å². The Morgan fingerprint density at radius 2 is 1.68 bits per heavy atom. The Bertz CT molecular complexity index is 321. The van der Waals surface area contributed by atoms with Gasteiger partial charge in [0.05, 0.1) is 5.75 Å². The first-order valence-corrected chi connectivity index (χ1v) is 8.51. The van der Waals surface area contributed by atoms with E-state index in [1.54, 1.807) is 7.05 Å². The molecule has 0 heterocycles. The second-order valence-corrected chi connectivity index (χ2v) is 7.81. The number of rotatable bonds is 9. The summed E-state index contributed by atoms with van der Waals surface area (Å²) in [5, 5.41) is 0. The highest BCUT2D eigenvalue weighted by Gasteiger charge is 2.21. The predicted molar refractivity (Wildman–Crippen MR) is 85.2 cm³/mol. The molecule has 19 heavy (non-hydrogen) atoms. The Hall–Kier alpha value is 0.160. The molecule has 2 unspecified atom stereocenters. The molecule has 0 rings (SSSR count). The average molecular weight is 315 g/mol. The molecular weight excluding hydrogens is 284 g/mol. The van der Waals surface area contributed by atoms with Gasteiger partial charge in [-0.1, -0.05) is 34.1 Å². The Labute approximate surface area is 125 Å². The minimum Gasteiger partial charge on any atom is -0.327 e. The largest absolute Gasteiger partial charge is 0.327 e. The molecule has 0 fully saturated rings. The number of hydrogen-bond donors (Lipinski definition) is 1. The fourth-order valence-corrected chi connectivity index (χ4v) is 3.39. The van der Waals surface area contributed by atoms with E-state index in [9.17, 15) is 8.42 Å². The van der Waals surface area contributed by atoms with Gasteiger partial charge >= 0.3 is 0 Å². The molecule has 0 saturated carbocycles. The van der Waals surface area contributed by atoms with Crippen molar-refractivity contribution in [3.63, 3.8) is 0 Å². The summed E-state index contributed by atoms with van der Waals surface area (Å²) in [6, 6.07) is 0.0655. The summed E-state index contributed by atoms with van der Waals surface area (Å²) in [4.78, 5) is 0. The maximum absolute atomic E-state index is 12.1. The highest BCUT2D eigenvalue weighted by molar-refractivity contribution is 7.89. The predicted octanol–water partition coefficient (Wildman–Crippen LogP) is 2.48. The van der Waals surface area contributed by atoms with E-state index in [4.69, 9.17) is 5.73 Å². The zero-order chi connectivity index (χ0) is 14.3. The fourth-order valence-electron chi connectivity index (χ4n) is 1.87. The van der Waals surface area contributed by atoms with Gasteiger partial charge in [0.1, 0.15) is 0 Å². The lowest BCUT2D eigenvalue weighted by Crippen LogP contribution is -2.36. The third-order valence-corrected chi connectivity index (χ3v) is 5.51. The molecule has 0 aliphatic rings. The molecule has 0 aromatic heterocycles. The highest BCUT2D eigenvalue weighted by atomic mass is 35.5. The highest BCUT2D eigenvalue weighted by Crippen LogP contribution is 2.12. The summed E-state index contributed by atoms with van der Waals surface area (Å²) in [5.74, 6) is 0.857. The first-order valence-electron chi connectivity index (χ1n) is 6.90. The molecule has 0 aromatic rings. The van der Waals surface area contributed by atoms with Gasteiger partial charge in [-0.15, -0.1) is 12.4 Å². The number of nitrogens with two attached hydrogens (primary N) is 1. The van der Waals surface area contributed by atoms with Crippen LogP contribution in [0.3, 0.4) is 0 Å². The zero-order valence-electron chi connectivity index (χ0n) is 12.9. The number of halogens is 1. The van der Waals surface area contributed by atoms with Crippen molar-refractivity contribution in [1.82, 2.24) is 4.31 Å². The van der Waals surface area contributed by atoms with Crippen molar-refractivity contribution in [2.75, 3.05) is 19.3 Å². The average Bonchev–Trinajstić information content (AvgIpc) is 2.24. The Balaban J connectivity index is 0. The van der Waals surface area contributed by atoms with Gasteiger partial charge in [0.25, 0.3) is 0 Å². The van der Waals surface area contributed by atoms with Gasteiger partial charge in [-0.05, 0) is 24.7 Å². The second kappa shape index (κ2) is 9.97. The minimum absolute atomic E-state index is 0. The van der Waals surface area contributed by atoms with Crippen LogP contribution in [0.5, 0.6) is 0 Å². The van der Waals surface area contributed by atoms with Crippen molar-refractivity contribution < 1.29 is 8.42 Å². The van der Waals surface area contributed by atoms with Gasteiger partial charge in [0.15, 0.2) is 0 Å². The molecule has 118 valence electrons. The van der Waals surface area contributed by atoms with E-state index in [1.165, 1.54) is 4.31 Å². The third kappa shape index (κ3) is 8.84. The smallest absolute Gasteiger partial charge is 0.214 e. The van der Waals surface area contributed by atoms with Crippen LogP contribution < -0.4 is 5.73 Å². The summed E-state index contributed by atoms with van der Waals surface area (Å²) < 4.78 is 25.6. The normalized spacial score (nSPS) is 15.4. The molecule has 0 radical (unpaired) electrons. The quantitative estimate of drug-likeness (QED) is 0.711. The van der Waals surface area contributed by atoms with Gasteiger partial charge in [0.2, 0.25) is 10.0 Å². The van der Waals surface area contributed by atoms with Gasteiger partial charge < -0.3 is 5.73 Å².